The van der Waals surface area contributed by atoms with Crippen LogP contribution in [0.1, 0.15) is 11.3 Å². The van der Waals surface area contributed by atoms with Crippen molar-refractivity contribution in [1.82, 2.24) is 4.31 Å². The molecule has 1 aromatic carbocycles. The summed E-state index contributed by atoms with van der Waals surface area (Å²) in [5.41, 5.74) is 1.82. The molecule has 0 saturated heterocycles. The molecule has 0 atom stereocenters. The zero-order chi connectivity index (χ0) is 15.6. The van der Waals surface area contributed by atoms with Crippen LogP contribution in [0.5, 0.6) is 0 Å². The Balaban J connectivity index is 2.12. The molecule has 0 aliphatic rings. The van der Waals surface area contributed by atoms with Crippen molar-refractivity contribution in [2.45, 2.75) is 18.6 Å². The molecular formula is C14H17ClN2O3S. The highest BCUT2D eigenvalue weighted by molar-refractivity contribution is 7.88. The van der Waals surface area contributed by atoms with Crippen molar-refractivity contribution in [1.29, 1.82) is 0 Å². The maximum Gasteiger partial charge on any atom is 0.275 e. The number of nitrogens with one attached hydrogen (secondary N) is 1. The Labute approximate surface area is 129 Å². The fraction of sp³-hybridized carbons (Fsp3) is 0.286. The number of benzene rings is 1. The zero-order valence-corrected chi connectivity index (χ0v) is 13.6. The van der Waals surface area contributed by atoms with Crippen LogP contribution in [0.3, 0.4) is 0 Å². The highest BCUT2D eigenvalue weighted by Gasteiger charge is 2.21. The van der Waals surface area contributed by atoms with Gasteiger partial charge in [-0.15, -0.1) is 0 Å². The number of furan rings is 1. The van der Waals surface area contributed by atoms with E-state index in [1.54, 1.807) is 6.07 Å². The topological polar surface area (TPSA) is 62.6 Å². The Kier molecular flexibility index (Phi) is 4.61. The van der Waals surface area contributed by atoms with Gasteiger partial charge in [0.25, 0.3) is 10.0 Å². The van der Waals surface area contributed by atoms with Crippen molar-refractivity contribution < 1.29 is 12.8 Å². The summed E-state index contributed by atoms with van der Waals surface area (Å²) in [5.74, 6) is 0.537. The van der Waals surface area contributed by atoms with Crippen LogP contribution in [0.25, 0.3) is 0 Å². The summed E-state index contributed by atoms with van der Waals surface area (Å²) in [6.07, 6.45) is 0. The maximum atomic E-state index is 11.9. The third-order valence-electron chi connectivity index (χ3n) is 3.09. The van der Waals surface area contributed by atoms with E-state index in [0.29, 0.717) is 17.3 Å². The van der Waals surface area contributed by atoms with E-state index in [-0.39, 0.29) is 5.09 Å². The number of anilines is 1. The standard InChI is InChI=1S/C14H17ClN2O3S/c1-10-12(15)5-4-6-13(10)16-9-11-7-8-14(20-11)21(18,19)17(2)3/h4-8,16H,9H2,1-3H3. The molecule has 21 heavy (non-hydrogen) atoms. The van der Waals surface area contributed by atoms with Crippen molar-refractivity contribution in [3.63, 3.8) is 0 Å². The van der Waals surface area contributed by atoms with E-state index in [9.17, 15) is 8.42 Å². The van der Waals surface area contributed by atoms with E-state index >= 15 is 0 Å². The van der Waals surface area contributed by atoms with E-state index in [1.807, 2.05) is 25.1 Å². The number of hydrogen-bond acceptors (Lipinski definition) is 4. The summed E-state index contributed by atoms with van der Waals surface area (Å²) in [6.45, 7) is 2.29. The van der Waals surface area contributed by atoms with Crippen LogP contribution in [-0.4, -0.2) is 26.8 Å². The first-order valence-corrected chi connectivity index (χ1v) is 8.14. The van der Waals surface area contributed by atoms with Gasteiger partial charge in [0.2, 0.25) is 5.09 Å². The summed E-state index contributed by atoms with van der Waals surface area (Å²) < 4.78 is 30.3. The van der Waals surface area contributed by atoms with Crippen LogP contribution in [0.15, 0.2) is 39.8 Å². The van der Waals surface area contributed by atoms with Gasteiger partial charge in [-0.2, -0.15) is 0 Å². The highest BCUT2D eigenvalue weighted by atomic mass is 35.5. The lowest BCUT2D eigenvalue weighted by atomic mass is 10.2. The first kappa shape index (κ1) is 15.9. The molecule has 0 radical (unpaired) electrons. The Bertz CT molecular complexity index is 738. The number of sulfonamides is 1. The molecule has 2 rings (SSSR count). The quantitative estimate of drug-likeness (QED) is 0.916. The molecule has 0 amide bonds. The Morgan fingerprint density at radius 2 is 1.95 bits per heavy atom. The smallest absolute Gasteiger partial charge is 0.275 e. The van der Waals surface area contributed by atoms with Crippen LogP contribution in [-0.2, 0) is 16.6 Å². The number of rotatable bonds is 5. The second-order valence-electron chi connectivity index (χ2n) is 4.77. The van der Waals surface area contributed by atoms with Crippen molar-refractivity contribution in [3.8, 4) is 0 Å². The normalized spacial score (nSPS) is 11.9. The lowest BCUT2D eigenvalue weighted by Crippen LogP contribution is -2.21. The lowest BCUT2D eigenvalue weighted by molar-refractivity contribution is 0.402. The summed E-state index contributed by atoms with van der Waals surface area (Å²) >= 11 is 6.05. The van der Waals surface area contributed by atoms with Gasteiger partial charge in [-0.05, 0) is 36.8 Å². The van der Waals surface area contributed by atoms with Crippen molar-refractivity contribution in [2.24, 2.45) is 0 Å². The summed E-state index contributed by atoms with van der Waals surface area (Å²) in [6, 6.07) is 8.67. The third-order valence-corrected chi connectivity index (χ3v) is 5.19. The van der Waals surface area contributed by atoms with Crippen LogP contribution < -0.4 is 5.32 Å². The molecule has 1 heterocycles. The van der Waals surface area contributed by atoms with E-state index < -0.39 is 10.0 Å². The summed E-state index contributed by atoms with van der Waals surface area (Å²) in [5, 5.41) is 3.79. The second-order valence-corrected chi connectivity index (χ2v) is 7.26. The Morgan fingerprint density at radius 3 is 2.62 bits per heavy atom. The minimum atomic E-state index is -3.54. The highest BCUT2D eigenvalue weighted by Crippen LogP contribution is 2.24. The maximum absolute atomic E-state index is 11.9. The average Bonchev–Trinajstić information content (AvgIpc) is 2.90. The Morgan fingerprint density at radius 1 is 1.24 bits per heavy atom. The average molecular weight is 329 g/mol. The van der Waals surface area contributed by atoms with E-state index in [1.165, 1.54) is 20.2 Å². The molecule has 2 aromatic rings. The predicted octanol–water partition coefficient (Wildman–Crippen LogP) is 3.10. The van der Waals surface area contributed by atoms with Gasteiger partial charge in [-0.25, -0.2) is 12.7 Å². The van der Waals surface area contributed by atoms with Gasteiger partial charge >= 0.3 is 0 Å². The fourth-order valence-electron chi connectivity index (χ4n) is 1.75. The molecule has 0 bridgehead atoms. The van der Waals surface area contributed by atoms with E-state index in [2.05, 4.69) is 5.32 Å². The molecule has 1 N–H and O–H groups in total. The van der Waals surface area contributed by atoms with Crippen LogP contribution in [0.4, 0.5) is 5.69 Å². The molecule has 0 saturated carbocycles. The van der Waals surface area contributed by atoms with Crippen molar-refractivity contribution in [2.75, 3.05) is 19.4 Å². The van der Waals surface area contributed by atoms with Gasteiger partial charge < -0.3 is 9.73 Å². The number of hydrogen-bond donors (Lipinski definition) is 1. The fourth-order valence-corrected chi connectivity index (χ4v) is 2.74. The van der Waals surface area contributed by atoms with Gasteiger partial charge in [0.15, 0.2) is 0 Å². The minimum Gasteiger partial charge on any atom is -0.446 e. The van der Waals surface area contributed by atoms with Gasteiger partial charge in [-0.1, -0.05) is 17.7 Å². The van der Waals surface area contributed by atoms with Gasteiger partial charge in [0, 0.05) is 24.8 Å². The molecule has 114 valence electrons. The molecular weight excluding hydrogens is 312 g/mol. The largest absolute Gasteiger partial charge is 0.446 e. The molecule has 0 unspecified atom stereocenters. The zero-order valence-electron chi connectivity index (χ0n) is 12.1. The molecule has 0 spiro atoms. The van der Waals surface area contributed by atoms with Crippen LogP contribution in [0, 0.1) is 6.92 Å². The molecule has 0 aliphatic heterocycles. The van der Waals surface area contributed by atoms with Crippen molar-refractivity contribution >= 4 is 27.3 Å². The Hall–Kier alpha value is -1.50. The molecule has 1 aromatic heterocycles. The number of halogens is 1. The van der Waals surface area contributed by atoms with Crippen molar-refractivity contribution in [3.05, 3.63) is 46.7 Å². The third kappa shape index (κ3) is 3.40. The molecule has 5 nitrogen and oxygen atoms in total. The predicted molar refractivity (Wildman–Crippen MR) is 83.1 cm³/mol. The molecule has 0 aliphatic carbocycles. The SMILES string of the molecule is Cc1c(Cl)cccc1NCc1ccc(S(=O)(=O)N(C)C)o1. The number of nitrogens with zero attached hydrogens (tertiary/aromatic N) is 1. The van der Waals surface area contributed by atoms with E-state index in [0.717, 1.165) is 15.6 Å². The van der Waals surface area contributed by atoms with E-state index in [4.69, 9.17) is 16.0 Å². The molecule has 7 heteroatoms. The monoisotopic (exact) mass is 328 g/mol. The lowest BCUT2D eigenvalue weighted by Gasteiger charge is -2.10. The van der Waals surface area contributed by atoms with Gasteiger partial charge in [-0.3, -0.25) is 0 Å². The summed E-state index contributed by atoms with van der Waals surface area (Å²) in [7, 11) is -0.609. The van der Waals surface area contributed by atoms with Gasteiger partial charge in [0.05, 0.1) is 6.54 Å². The van der Waals surface area contributed by atoms with Crippen LogP contribution >= 0.6 is 11.6 Å². The van der Waals surface area contributed by atoms with Crippen LogP contribution in [0.2, 0.25) is 5.02 Å². The van der Waals surface area contributed by atoms with Gasteiger partial charge in [0.1, 0.15) is 5.76 Å². The minimum absolute atomic E-state index is 0.0629. The first-order valence-electron chi connectivity index (χ1n) is 6.32. The summed E-state index contributed by atoms with van der Waals surface area (Å²) in [4.78, 5) is 0. The second kappa shape index (κ2) is 6.09. The molecule has 0 fully saturated rings. The first-order chi connectivity index (χ1) is 9.82.